The summed E-state index contributed by atoms with van der Waals surface area (Å²) < 4.78 is 0. The maximum Gasteiger partial charge on any atom is 0.308 e. The van der Waals surface area contributed by atoms with Gasteiger partial charge in [0, 0.05) is 24.3 Å². The fraction of sp³-hybridized carbons (Fsp3) is 0.643. The van der Waals surface area contributed by atoms with Gasteiger partial charge < -0.3 is 10.0 Å². The zero-order valence-electron chi connectivity index (χ0n) is 11.0. The maximum absolute atomic E-state index is 11.2. The van der Waals surface area contributed by atoms with Crippen LogP contribution in [-0.4, -0.2) is 34.1 Å². The highest BCUT2D eigenvalue weighted by Gasteiger charge is 2.28. The molecule has 0 amide bonds. The van der Waals surface area contributed by atoms with E-state index < -0.39 is 5.97 Å². The van der Waals surface area contributed by atoms with Crippen molar-refractivity contribution in [1.82, 2.24) is 9.97 Å². The fourth-order valence-corrected chi connectivity index (χ4v) is 3.15. The summed E-state index contributed by atoms with van der Waals surface area (Å²) in [5.74, 6) is 0.0335. The minimum absolute atomic E-state index is 0.261. The molecule has 1 unspecified atom stereocenters. The third-order valence-electron chi connectivity index (χ3n) is 4.17. The van der Waals surface area contributed by atoms with E-state index in [4.69, 9.17) is 0 Å². The topological polar surface area (TPSA) is 66.3 Å². The molecule has 5 heteroatoms. The third-order valence-corrected chi connectivity index (χ3v) is 4.17. The second kappa shape index (κ2) is 5.15. The Morgan fingerprint density at radius 1 is 1.26 bits per heavy atom. The molecule has 19 heavy (non-hydrogen) atoms. The van der Waals surface area contributed by atoms with Gasteiger partial charge in [-0.25, -0.2) is 9.97 Å². The molecule has 0 saturated carbocycles. The SMILES string of the molecule is O=C(O)C1CCCN(c2ncnc3c2CCCC3)C1. The van der Waals surface area contributed by atoms with Gasteiger partial charge in [-0.05, 0) is 38.5 Å². The summed E-state index contributed by atoms with van der Waals surface area (Å²) >= 11 is 0. The van der Waals surface area contributed by atoms with Gasteiger partial charge in [0.25, 0.3) is 0 Å². The molecule has 1 atom stereocenters. The van der Waals surface area contributed by atoms with Crippen molar-refractivity contribution in [1.29, 1.82) is 0 Å². The molecular formula is C14H19N3O2. The molecule has 1 aliphatic carbocycles. The van der Waals surface area contributed by atoms with Gasteiger partial charge >= 0.3 is 5.97 Å². The smallest absolute Gasteiger partial charge is 0.308 e. The van der Waals surface area contributed by atoms with Gasteiger partial charge in [0.2, 0.25) is 0 Å². The number of carboxylic acid groups (broad SMARTS) is 1. The molecule has 0 radical (unpaired) electrons. The number of carboxylic acids is 1. The number of fused-ring (bicyclic) bond motifs is 1. The molecule has 102 valence electrons. The van der Waals surface area contributed by atoms with Gasteiger partial charge in [-0.15, -0.1) is 0 Å². The molecule has 0 spiro atoms. The van der Waals surface area contributed by atoms with Gasteiger partial charge in [-0.2, -0.15) is 0 Å². The Balaban J connectivity index is 1.87. The average molecular weight is 261 g/mol. The number of hydrogen-bond donors (Lipinski definition) is 1. The highest BCUT2D eigenvalue weighted by Crippen LogP contribution is 2.29. The molecule has 5 nitrogen and oxygen atoms in total. The first kappa shape index (κ1) is 12.4. The van der Waals surface area contributed by atoms with Crippen LogP contribution in [0, 0.1) is 5.92 Å². The van der Waals surface area contributed by atoms with E-state index in [0.717, 1.165) is 43.7 Å². The minimum atomic E-state index is -0.687. The van der Waals surface area contributed by atoms with E-state index in [1.807, 2.05) is 0 Å². The molecule has 1 aliphatic heterocycles. The molecule has 0 bridgehead atoms. The third kappa shape index (κ3) is 2.41. The van der Waals surface area contributed by atoms with E-state index in [9.17, 15) is 9.90 Å². The van der Waals surface area contributed by atoms with Crippen LogP contribution in [0.2, 0.25) is 0 Å². The quantitative estimate of drug-likeness (QED) is 0.877. The van der Waals surface area contributed by atoms with Gasteiger partial charge in [0.05, 0.1) is 5.92 Å². The van der Waals surface area contributed by atoms with E-state index in [-0.39, 0.29) is 5.92 Å². The van der Waals surface area contributed by atoms with Crippen LogP contribution >= 0.6 is 0 Å². The molecule has 1 aromatic rings. The number of anilines is 1. The summed E-state index contributed by atoms with van der Waals surface area (Å²) in [5.41, 5.74) is 2.41. The molecular weight excluding hydrogens is 242 g/mol. The first-order valence-corrected chi connectivity index (χ1v) is 7.06. The monoisotopic (exact) mass is 261 g/mol. The molecule has 0 aromatic carbocycles. The Bertz CT molecular complexity index is 490. The largest absolute Gasteiger partial charge is 0.481 e. The van der Waals surface area contributed by atoms with Crippen LogP contribution in [-0.2, 0) is 17.6 Å². The molecule has 2 aliphatic rings. The lowest BCUT2D eigenvalue weighted by molar-refractivity contribution is -0.141. The Labute approximate surface area is 112 Å². The number of aliphatic carboxylic acids is 1. The van der Waals surface area contributed by atoms with Crippen molar-refractivity contribution >= 4 is 11.8 Å². The number of aromatic nitrogens is 2. The van der Waals surface area contributed by atoms with Gasteiger partial charge in [0.15, 0.2) is 0 Å². The van der Waals surface area contributed by atoms with Crippen LogP contribution in [0.15, 0.2) is 6.33 Å². The Kier molecular flexibility index (Phi) is 3.36. The van der Waals surface area contributed by atoms with Crippen molar-refractivity contribution < 1.29 is 9.90 Å². The highest BCUT2D eigenvalue weighted by molar-refractivity contribution is 5.71. The fourth-order valence-electron chi connectivity index (χ4n) is 3.15. The van der Waals surface area contributed by atoms with E-state index in [0.29, 0.717) is 6.54 Å². The number of carbonyl (C=O) groups is 1. The molecule has 1 saturated heterocycles. The predicted molar refractivity (Wildman–Crippen MR) is 71.2 cm³/mol. The number of rotatable bonds is 2. The van der Waals surface area contributed by atoms with Crippen molar-refractivity contribution in [3.63, 3.8) is 0 Å². The van der Waals surface area contributed by atoms with Gasteiger partial charge in [-0.1, -0.05) is 0 Å². The summed E-state index contributed by atoms with van der Waals surface area (Å²) in [6.07, 6.45) is 7.77. The van der Waals surface area contributed by atoms with Crippen molar-refractivity contribution in [2.45, 2.75) is 38.5 Å². The average Bonchev–Trinajstić information content (AvgIpc) is 2.47. The summed E-state index contributed by atoms with van der Waals surface area (Å²) in [5, 5.41) is 9.18. The molecule has 1 fully saturated rings. The standard InChI is InChI=1S/C14H19N3O2/c18-14(19)10-4-3-7-17(8-10)13-11-5-1-2-6-12(11)15-9-16-13/h9-10H,1-8H2,(H,18,19). The lowest BCUT2D eigenvalue weighted by Gasteiger charge is -2.33. The van der Waals surface area contributed by atoms with E-state index in [2.05, 4.69) is 14.9 Å². The van der Waals surface area contributed by atoms with Crippen LogP contribution in [0.5, 0.6) is 0 Å². The second-order valence-corrected chi connectivity index (χ2v) is 5.45. The lowest BCUT2D eigenvalue weighted by Crippen LogP contribution is -2.40. The zero-order valence-corrected chi connectivity index (χ0v) is 11.0. The lowest BCUT2D eigenvalue weighted by atomic mass is 9.94. The van der Waals surface area contributed by atoms with Crippen LogP contribution in [0.1, 0.15) is 36.9 Å². The van der Waals surface area contributed by atoms with Crippen molar-refractivity contribution in [3.05, 3.63) is 17.6 Å². The van der Waals surface area contributed by atoms with Crippen LogP contribution in [0.3, 0.4) is 0 Å². The van der Waals surface area contributed by atoms with Crippen molar-refractivity contribution in [2.24, 2.45) is 5.92 Å². The maximum atomic E-state index is 11.2. The number of aryl methyl sites for hydroxylation is 1. The van der Waals surface area contributed by atoms with Crippen molar-refractivity contribution in [3.8, 4) is 0 Å². The molecule has 1 aromatic heterocycles. The van der Waals surface area contributed by atoms with Crippen molar-refractivity contribution in [2.75, 3.05) is 18.0 Å². The number of hydrogen-bond acceptors (Lipinski definition) is 4. The number of nitrogens with zero attached hydrogens (tertiary/aromatic N) is 3. The van der Waals surface area contributed by atoms with Gasteiger partial charge in [0.1, 0.15) is 12.1 Å². The Hall–Kier alpha value is -1.65. The molecule has 2 heterocycles. The Morgan fingerprint density at radius 3 is 2.95 bits per heavy atom. The van der Waals surface area contributed by atoms with Crippen LogP contribution < -0.4 is 4.90 Å². The minimum Gasteiger partial charge on any atom is -0.481 e. The van der Waals surface area contributed by atoms with Crippen LogP contribution in [0.25, 0.3) is 0 Å². The van der Waals surface area contributed by atoms with E-state index in [1.54, 1.807) is 6.33 Å². The first-order valence-electron chi connectivity index (χ1n) is 7.06. The van der Waals surface area contributed by atoms with E-state index in [1.165, 1.54) is 18.4 Å². The summed E-state index contributed by atoms with van der Waals surface area (Å²) in [4.78, 5) is 22.1. The summed E-state index contributed by atoms with van der Waals surface area (Å²) in [6, 6.07) is 0. The zero-order chi connectivity index (χ0) is 13.2. The number of piperidine rings is 1. The summed E-state index contributed by atoms with van der Waals surface area (Å²) in [7, 11) is 0. The Morgan fingerprint density at radius 2 is 2.11 bits per heavy atom. The second-order valence-electron chi connectivity index (χ2n) is 5.45. The van der Waals surface area contributed by atoms with E-state index >= 15 is 0 Å². The molecule has 1 N–H and O–H groups in total. The molecule has 3 rings (SSSR count). The normalized spacial score (nSPS) is 22.9. The first-order chi connectivity index (χ1) is 9.25. The summed E-state index contributed by atoms with van der Waals surface area (Å²) in [6.45, 7) is 1.49. The predicted octanol–water partition coefficient (Wildman–Crippen LogP) is 1.66. The van der Waals surface area contributed by atoms with Gasteiger partial charge in [-0.3, -0.25) is 4.79 Å². The highest BCUT2D eigenvalue weighted by atomic mass is 16.4. The van der Waals surface area contributed by atoms with Crippen LogP contribution in [0.4, 0.5) is 5.82 Å².